The molecule has 0 radical (unpaired) electrons. The molecule has 1 aliphatic heterocycles. The standard InChI is InChI=1S/C16H28N4O2/c1-12-15(13(2)18-17-12)5-6-19(3)10-14-9-16(21)20(11-14)7-8-22-4/h14H,5-11H2,1-4H3,(H,17,18). The van der Waals surface area contributed by atoms with Crippen molar-refractivity contribution in [3.63, 3.8) is 0 Å². The first-order valence-electron chi connectivity index (χ1n) is 7.97. The molecule has 0 spiro atoms. The summed E-state index contributed by atoms with van der Waals surface area (Å²) in [7, 11) is 3.80. The maximum absolute atomic E-state index is 11.9. The smallest absolute Gasteiger partial charge is 0.223 e. The number of rotatable bonds is 8. The first kappa shape index (κ1) is 17.0. The summed E-state index contributed by atoms with van der Waals surface area (Å²) in [5.74, 6) is 0.692. The van der Waals surface area contributed by atoms with Gasteiger partial charge in [-0.3, -0.25) is 9.89 Å². The highest BCUT2D eigenvalue weighted by atomic mass is 16.5. The molecular formula is C16H28N4O2. The van der Waals surface area contributed by atoms with Gasteiger partial charge in [0.25, 0.3) is 0 Å². The molecule has 0 saturated carbocycles. The third kappa shape index (κ3) is 4.30. The Balaban J connectivity index is 1.76. The van der Waals surface area contributed by atoms with E-state index in [4.69, 9.17) is 4.74 Å². The minimum absolute atomic E-state index is 0.261. The number of carbonyl (C=O) groups is 1. The number of carbonyl (C=O) groups excluding carboxylic acids is 1. The van der Waals surface area contributed by atoms with Crippen LogP contribution in [0.1, 0.15) is 23.4 Å². The van der Waals surface area contributed by atoms with Crippen LogP contribution in [0.2, 0.25) is 0 Å². The van der Waals surface area contributed by atoms with Gasteiger partial charge in [-0.1, -0.05) is 0 Å². The number of aryl methyl sites for hydroxylation is 2. The molecule has 1 fully saturated rings. The molecule has 1 N–H and O–H groups in total. The number of hydrogen-bond acceptors (Lipinski definition) is 4. The average Bonchev–Trinajstić information content (AvgIpc) is 2.97. The van der Waals surface area contributed by atoms with Gasteiger partial charge in [0.05, 0.1) is 12.3 Å². The Bertz CT molecular complexity index is 481. The highest BCUT2D eigenvalue weighted by molar-refractivity contribution is 5.78. The Morgan fingerprint density at radius 1 is 1.45 bits per heavy atom. The minimum Gasteiger partial charge on any atom is -0.383 e. The molecule has 22 heavy (non-hydrogen) atoms. The van der Waals surface area contributed by atoms with Crippen molar-refractivity contribution in [2.75, 3.05) is 46.9 Å². The van der Waals surface area contributed by atoms with E-state index < -0.39 is 0 Å². The van der Waals surface area contributed by atoms with Crippen molar-refractivity contribution in [3.05, 3.63) is 17.0 Å². The number of amides is 1. The number of nitrogens with one attached hydrogen (secondary N) is 1. The van der Waals surface area contributed by atoms with Gasteiger partial charge in [0.1, 0.15) is 0 Å². The molecule has 1 aliphatic rings. The maximum atomic E-state index is 11.9. The summed E-state index contributed by atoms with van der Waals surface area (Å²) in [6, 6.07) is 0. The van der Waals surface area contributed by atoms with E-state index in [1.54, 1.807) is 7.11 Å². The van der Waals surface area contributed by atoms with E-state index in [2.05, 4.69) is 29.1 Å². The maximum Gasteiger partial charge on any atom is 0.223 e. The summed E-state index contributed by atoms with van der Waals surface area (Å²) >= 11 is 0. The van der Waals surface area contributed by atoms with Crippen LogP contribution in [0.3, 0.4) is 0 Å². The van der Waals surface area contributed by atoms with Crippen molar-refractivity contribution >= 4 is 5.91 Å². The second kappa shape index (κ2) is 7.74. The van der Waals surface area contributed by atoms with Crippen molar-refractivity contribution in [3.8, 4) is 0 Å². The van der Waals surface area contributed by atoms with E-state index in [-0.39, 0.29) is 5.91 Å². The predicted molar refractivity (Wildman–Crippen MR) is 85.8 cm³/mol. The van der Waals surface area contributed by atoms with E-state index in [1.165, 1.54) is 5.56 Å². The number of H-pyrrole nitrogens is 1. The molecule has 1 aromatic rings. The molecule has 1 atom stereocenters. The van der Waals surface area contributed by atoms with Crippen LogP contribution in [0.25, 0.3) is 0 Å². The zero-order valence-corrected chi connectivity index (χ0v) is 14.2. The number of hydrogen-bond donors (Lipinski definition) is 1. The Morgan fingerprint density at radius 3 is 2.86 bits per heavy atom. The van der Waals surface area contributed by atoms with Crippen molar-refractivity contribution in [2.45, 2.75) is 26.7 Å². The monoisotopic (exact) mass is 308 g/mol. The number of likely N-dealkylation sites (tertiary alicyclic amines) is 1. The summed E-state index contributed by atoms with van der Waals surface area (Å²) in [6.07, 6.45) is 1.66. The highest BCUT2D eigenvalue weighted by Crippen LogP contribution is 2.19. The molecule has 1 aromatic heterocycles. The molecule has 1 unspecified atom stereocenters. The molecule has 0 bridgehead atoms. The molecule has 0 aromatic carbocycles. The van der Waals surface area contributed by atoms with Crippen molar-refractivity contribution < 1.29 is 9.53 Å². The quantitative estimate of drug-likeness (QED) is 0.778. The van der Waals surface area contributed by atoms with Gasteiger partial charge in [-0.25, -0.2) is 0 Å². The zero-order chi connectivity index (χ0) is 16.1. The Morgan fingerprint density at radius 2 is 2.23 bits per heavy atom. The molecular weight excluding hydrogens is 280 g/mol. The van der Waals surface area contributed by atoms with E-state index >= 15 is 0 Å². The Kier molecular flexibility index (Phi) is 5.97. The van der Waals surface area contributed by atoms with Gasteiger partial charge in [-0.05, 0) is 38.8 Å². The number of methoxy groups -OCH3 is 1. The molecule has 6 heteroatoms. The van der Waals surface area contributed by atoms with Crippen molar-refractivity contribution in [2.24, 2.45) is 5.92 Å². The van der Waals surface area contributed by atoms with Crippen LogP contribution in [0.15, 0.2) is 0 Å². The number of ether oxygens (including phenoxy) is 1. The van der Waals surface area contributed by atoms with Crippen LogP contribution < -0.4 is 0 Å². The van der Waals surface area contributed by atoms with Gasteiger partial charge in [0.2, 0.25) is 5.91 Å². The normalized spacial score (nSPS) is 18.7. The minimum atomic E-state index is 0.261. The van der Waals surface area contributed by atoms with E-state index in [0.29, 0.717) is 25.5 Å². The second-order valence-corrected chi connectivity index (χ2v) is 6.33. The van der Waals surface area contributed by atoms with Crippen LogP contribution in [-0.4, -0.2) is 72.8 Å². The summed E-state index contributed by atoms with van der Waals surface area (Å²) in [4.78, 5) is 16.2. The molecule has 124 valence electrons. The number of nitrogens with zero attached hydrogens (tertiary/aromatic N) is 3. The largest absolute Gasteiger partial charge is 0.383 e. The number of aromatic nitrogens is 2. The lowest BCUT2D eigenvalue weighted by atomic mass is 10.1. The first-order chi connectivity index (χ1) is 10.5. The molecule has 1 amide bonds. The predicted octanol–water partition coefficient (Wildman–Crippen LogP) is 0.996. The molecule has 0 aliphatic carbocycles. The van der Waals surface area contributed by atoms with Crippen molar-refractivity contribution in [1.82, 2.24) is 20.0 Å². The van der Waals surface area contributed by atoms with Crippen LogP contribution >= 0.6 is 0 Å². The fourth-order valence-corrected chi connectivity index (χ4v) is 3.17. The van der Waals surface area contributed by atoms with E-state index in [9.17, 15) is 4.79 Å². The van der Waals surface area contributed by atoms with Gasteiger partial charge in [-0.15, -0.1) is 0 Å². The lowest BCUT2D eigenvalue weighted by Gasteiger charge is -2.21. The van der Waals surface area contributed by atoms with Crippen LogP contribution in [0.4, 0.5) is 0 Å². The van der Waals surface area contributed by atoms with E-state index in [1.807, 2.05) is 11.8 Å². The molecule has 2 heterocycles. The fourth-order valence-electron chi connectivity index (χ4n) is 3.17. The van der Waals surface area contributed by atoms with Crippen LogP contribution in [0.5, 0.6) is 0 Å². The molecule has 1 saturated heterocycles. The number of likely N-dealkylation sites (N-methyl/N-ethyl adjacent to an activating group) is 1. The summed E-state index contributed by atoms with van der Waals surface area (Å²) < 4.78 is 5.06. The highest BCUT2D eigenvalue weighted by Gasteiger charge is 2.29. The summed E-state index contributed by atoms with van der Waals surface area (Å²) in [5.41, 5.74) is 3.57. The molecule has 2 rings (SSSR count). The lowest BCUT2D eigenvalue weighted by Crippen LogP contribution is -2.31. The van der Waals surface area contributed by atoms with Gasteiger partial charge in [0.15, 0.2) is 0 Å². The van der Waals surface area contributed by atoms with Gasteiger partial charge < -0.3 is 14.5 Å². The third-order valence-electron chi connectivity index (χ3n) is 4.45. The second-order valence-electron chi connectivity index (χ2n) is 6.33. The topological polar surface area (TPSA) is 61.5 Å². The van der Waals surface area contributed by atoms with Gasteiger partial charge >= 0.3 is 0 Å². The zero-order valence-electron chi connectivity index (χ0n) is 14.2. The SMILES string of the molecule is COCCN1CC(CN(C)CCc2c(C)n[nH]c2C)CC1=O. The third-order valence-corrected chi connectivity index (χ3v) is 4.45. The van der Waals surface area contributed by atoms with Gasteiger partial charge in [-0.2, -0.15) is 5.10 Å². The average molecular weight is 308 g/mol. The van der Waals surface area contributed by atoms with Gasteiger partial charge in [0, 0.05) is 45.4 Å². The summed E-state index contributed by atoms with van der Waals surface area (Å²) in [6.45, 7) is 8.25. The summed E-state index contributed by atoms with van der Waals surface area (Å²) in [5, 5.41) is 7.27. The number of aromatic amines is 1. The lowest BCUT2D eigenvalue weighted by molar-refractivity contribution is -0.128. The Labute approximate surface area is 132 Å². The first-order valence-corrected chi connectivity index (χ1v) is 7.97. The van der Waals surface area contributed by atoms with Crippen LogP contribution in [-0.2, 0) is 16.0 Å². The van der Waals surface area contributed by atoms with E-state index in [0.717, 1.165) is 37.4 Å². The Hall–Kier alpha value is -1.40. The van der Waals surface area contributed by atoms with Crippen LogP contribution in [0, 0.1) is 19.8 Å². The van der Waals surface area contributed by atoms with Crippen molar-refractivity contribution in [1.29, 1.82) is 0 Å². The fraction of sp³-hybridized carbons (Fsp3) is 0.750. The molecule has 6 nitrogen and oxygen atoms in total.